The van der Waals surface area contributed by atoms with Gasteiger partial charge in [0, 0.05) is 25.8 Å². The van der Waals surface area contributed by atoms with Crippen LogP contribution in [0.4, 0.5) is 5.82 Å². The van der Waals surface area contributed by atoms with Crippen LogP contribution in [0.5, 0.6) is 5.75 Å². The third kappa shape index (κ3) is 3.58. The first kappa shape index (κ1) is 16.7. The first-order valence-corrected chi connectivity index (χ1v) is 8.55. The standard InChI is InChI=1S/C17H21N7O2/c1-25-13-6-12(7-18-9-13)8-19-10-14-22-16-15(20-11-21-16)17(23-14)24-2-4-26-5-3-24/h6-7,9,11,19H,2-5,8,10H2,1H3,(H,20,21,22,23). The Morgan fingerprint density at radius 1 is 1.23 bits per heavy atom. The number of aromatic nitrogens is 5. The molecule has 0 aromatic carbocycles. The summed E-state index contributed by atoms with van der Waals surface area (Å²) in [5.41, 5.74) is 2.59. The Balaban J connectivity index is 1.49. The number of methoxy groups -OCH3 is 1. The largest absolute Gasteiger partial charge is 0.495 e. The second-order valence-corrected chi connectivity index (χ2v) is 6.00. The van der Waals surface area contributed by atoms with Crippen molar-refractivity contribution in [2.24, 2.45) is 0 Å². The molecule has 9 nitrogen and oxygen atoms in total. The third-order valence-electron chi connectivity index (χ3n) is 4.24. The minimum absolute atomic E-state index is 0.539. The fraction of sp³-hybridized carbons (Fsp3) is 0.412. The molecule has 0 unspecified atom stereocenters. The van der Waals surface area contributed by atoms with Crippen LogP contribution in [0.25, 0.3) is 11.2 Å². The summed E-state index contributed by atoms with van der Waals surface area (Å²) in [5, 5.41) is 3.35. The van der Waals surface area contributed by atoms with Crippen LogP contribution in [0.3, 0.4) is 0 Å². The number of aromatic amines is 1. The van der Waals surface area contributed by atoms with E-state index in [2.05, 4.69) is 30.2 Å². The molecule has 0 atom stereocenters. The molecule has 1 saturated heterocycles. The number of H-pyrrole nitrogens is 1. The van der Waals surface area contributed by atoms with E-state index in [1.54, 1.807) is 19.6 Å². The van der Waals surface area contributed by atoms with E-state index in [0.717, 1.165) is 35.7 Å². The molecule has 0 spiro atoms. The lowest BCUT2D eigenvalue weighted by molar-refractivity contribution is 0.122. The van der Waals surface area contributed by atoms with Gasteiger partial charge in [-0.1, -0.05) is 0 Å². The van der Waals surface area contributed by atoms with E-state index in [-0.39, 0.29) is 0 Å². The topological polar surface area (TPSA) is 101 Å². The van der Waals surface area contributed by atoms with Gasteiger partial charge in [-0.3, -0.25) is 4.98 Å². The number of hydrogen-bond donors (Lipinski definition) is 2. The molecular weight excluding hydrogens is 334 g/mol. The Bertz CT molecular complexity index is 876. The van der Waals surface area contributed by atoms with Crippen LogP contribution in [-0.2, 0) is 17.8 Å². The zero-order chi connectivity index (χ0) is 17.8. The SMILES string of the molecule is COc1cncc(CNCc2nc(N3CCOCC3)c3[nH]cnc3n2)c1. The molecule has 3 aromatic heterocycles. The first-order chi connectivity index (χ1) is 12.8. The number of morpholine rings is 1. The highest BCUT2D eigenvalue weighted by atomic mass is 16.5. The summed E-state index contributed by atoms with van der Waals surface area (Å²) in [4.78, 5) is 23.1. The van der Waals surface area contributed by atoms with Crippen molar-refractivity contribution < 1.29 is 9.47 Å². The maximum absolute atomic E-state index is 5.44. The summed E-state index contributed by atoms with van der Waals surface area (Å²) >= 11 is 0. The van der Waals surface area contributed by atoms with Gasteiger partial charge in [0.1, 0.15) is 17.1 Å². The summed E-state index contributed by atoms with van der Waals surface area (Å²) in [7, 11) is 1.63. The second-order valence-electron chi connectivity index (χ2n) is 6.00. The molecule has 4 heterocycles. The van der Waals surface area contributed by atoms with E-state index < -0.39 is 0 Å². The minimum atomic E-state index is 0.539. The molecule has 1 aliphatic rings. The molecule has 0 amide bonds. The fourth-order valence-corrected chi connectivity index (χ4v) is 2.94. The molecule has 0 bridgehead atoms. The Labute approximate surface area is 150 Å². The van der Waals surface area contributed by atoms with Crippen LogP contribution in [0.15, 0.2) is 24.8 Å². The monoisotopic (exact) mass is 355 g/mol. The Morgan fingerprint density at radius 3 is 2.96 bits per heavy atom. The van der Waals surface area contributed by atoms with Gasteiger partial charge < -0.3 is 24.7 Å². The normalized spacial score (nSPS) is 14.7. The molecule has 2 N–H and O–H groups in total. The quantitative estimate of drug-likeness (QED) is 0.672. The summed E-state index contributed by atoms with van der Waals surface area (Å²) in [6.45, 7) is 4.23. The van der Waals surface area contributed by atoms with Crippen molar-refractivity contribution in [3.8, 4) is 5.75 Å². The van der Waals surface area contributed by atoms with Gasteiger partial charge in [-0.05, 0) is 11.6 Å². The summed E-state index contributed by atoms with van der Waals surface area (Å²) in [5.74, 6) is 2.34. The van der Waals surface area contributed by atoms with Crippen molar-refractivity contribution >= 4 is 17.0 Å². The zero-order valence-electron chi connectivity index (χ0n) is 14.6. The average Bonchev–Trinajstić information content (AvgIpc) is 3.17. The number of fused-ring (bicyclic) bond motifs is 1. The molecule has 3 aromatic rings. The highest BCUT2D eigenvalue weighted by Crippen LogP contribution is 2.22. The maximum atomic E-state index is 5.44. The van der Waals surface area contributed by atoms with Crippen LogP contribution in [0.1, 0.15) is 11.4 Å². The van der Waals surface area contributed by atoms with Gasteiger partial charge in [0.25, 0.3) is 0 Å². The van der Waals surface area contributed by atoms with Crippen molar-refractivity contribution in [2.75, 3.05) is 38.3 Å². The number of hydrogen-bond acceptors (Lipinski definition) is 8. The molecule has 26 heavy (non-hydrogen) atoms. The van der Waals surface area contributed by atoms with E-state index in [4.69, 9.17) is 14.5 Å². The second kappa shape index (κ2) is 7.63. The number of ether oxygens (including phenoxy) is 2. The molecule has 4 rings (SSSR count). The summed E-state index contributed by atoms with van der Waals surface area (Å²) < 4.78 is 10.6. The molecule has 9 heteroatoms. The fourth-order valence-electron chi connectivity index (χ4n) is 2.94. The molecule has 136 valence electrons. The van der Waals surface area contributed by atoms with E-state index in [9.17, 15) is 0 Å². The number of imidazole rings is 1. The highest BCUT2D eigenvalue weighted by Gasteiger charge is 2.18. The van der Waals surface area contributed by atoms with Crippen molar-refractivity contribution in [1.29, 1.82) is 0 Å². The van der Waals surface area contributed by atoms with E-state index in [0.29, 0.717) is 37.8 Å². The molecule has 0 saturated carbocycles. The maximum Gasteiger partial charge on any atom is 0.183 e. The van der Waals surface area contributed by atoms with Crippen molar-refractivity contribution in [1.82, 2.24) is 30.2 Å². The van der Waals surface area contributed by atoms with Crippen LogP contribution in [0, 0.1) is 0 Å². The third-order valence-corrected chi connectivity index (χ3v) is 4.24. The molecule has 0 aliphatic carbocycles. The van der Waals surface area contributed by atoms with Gasteiger partial charge >= 0.3 is 0 Å². The smallest absolute Gasteiger partial charge is 0.183 e. The van der Waals surface area contributed by atoms with Crippen LogP contribution >= 0.6 is 0 Å². The summed E-state index contributed by atoms with van der Waals surface area (Å²) in [6, 6.07) is 1.96. The van der Waals surface area contributed by atoms with Gasteiger partial charge in [0.05, 0.1) is 39.4 Å². The average molecular weight is 355 g/mol. The predicted molar refractivity (Wildman–Crippen MR) is 96.0 cm³/mol. The number of rotatable bonds is 6. The van der Waals surface area contributed by atoms with E-state index in [1.807, 2.05) is 12.3 Å². The van der Waals surface area contributed by atoms with Gasteiger partial charge in [-0.2, -0.15) is 0 Å². The highest BCUT2D eigenvalue weighted by molar-refractivity contribution is 5.83. The Kier molecular flexibility index (Phi) is 4.89. The number of pyridine rings is 1. The molecule has 0 radical (unpaired) electrons. The Hall–Kier alpha value is -2.78. The minimum Gasteiger partial charge on any atom is -0.495 e. The molecule has 1 aliphatic heterocycles. The first-order valence-electron chi connectivity index (χ1n) is 8.55. The number of anilines is 1. The number of nitrogens with one attached hydrogen (secondary N) is 2. The van der Waals surface area contributed by atoms with Gasteiger partial charge in [0.2, 0.25) is 0 Å². The summed E-state index contributed by atoms with van der Waals surface area (Å²) in [6.07, 6.45) is 5.15. The number of nitrogens with zero attached hydrogens (tertiary/aromatic N) is 5. The lowest BCUT2D eigenvalue weighted by atomic mass is 10.3. The Morgan fingerprint density at radius 2 is 2.12 bits per heavy atom. The van der Waals surface area contributed by atoms with E-state index in [1.165, 1.54) is 0 Å². The van der Waals surface area contributed by atoms with Crippen molar-refractivity contribution in [2.45, 2.75) is 13.1 Å². The van der Waals surface area contributed by atoms with E-state index >= 15 is 0 Å². The predicted octanol–water partition coefficient (Wildman–Crippen LogP) is 0.883. The zero-order valence-corrected chi connectivity index (χ0v) is 14.6. The lowest BCUT2D eigenvalue weighted by Gasteiger charge is -2.28. The van der Waals surface area contributed by atoms with Crippen LogP contribution in [0.2, 0.25) is 0 Å². The van der Waals surface area contributed by atoms with Gasteiger partial charge in [-0.15, -0.1) is 0 Å². The van der Waals surface area contributed by atoms with Gasteiger partial charge in [-0.25, -0.2) is 15.0 Å². The molecule has 1 fully saturated rings. The van der Waals surface area contributed by atoms with Crippen LogP contribution in [-0.4, -0.2) is 58.3 Å². The lowest BCUT2D eigenvalue weighted by Crippen LogP contribution is -2.37. The molecular formula is C17H21N7O2. The van der Waals surface area contributed by atoms with Crippen molar-refractivity contribution in [3.63, 3.8) is 0 Å². The van der Waals surface area contributed by atoms with Crippen LogP contribution < -0.4 is 15.0 Å². The van der Waals surface area contributed by atoms with Gasteiger partial charge in [0.15, 0.2) is 11.5 Å². The van der Waals surface area contributed by atoms with Crippen molar-refractivity contribution in [3.05, 3.63) is 36.2 Å².